The normalized spacial score (nSPS) is 35.2. The van der Waals surface area contributed by atoms with E-state index in [2.05, 4.69) is 0 Å². The third-order valence-corrected chi connectivity index (χ3v) is 8.02. The Hall–Kier alpha value is -0.700. The number of hydrogen-bond acceptors (Lipinski definition) is 3. The minimum atomic E-state index is -4.77. The van der Waals surface area contributed by atoms with Gasteiger partial charge in [-0.15, -0.1) is 0 Å². The van der Waals surface area contributed by atoms with Crippen molar-refractivity contribution in [3.8, 4) is 0 Å². The van der Waals surface area contributed by atoms with Crippen molar-refractivity contribution in [1.82, 2.24) is 0 Å². The summed E-state index contributed by atoms with van der Waals surface area (Å²) in [6.45, 7) is 0. The van der Waals surface area contributed by atoms with Crippen molar-refractivity contribution in [3.05, 3.63) is 11.6 Å². The first kappa shape index (κ1) is 22.0. The average molecular weight is 430 g/mol. The summed E-state index contributed by atoms with van der Waals surface area (Å²) >= 11 is 1.32. The average Bonchev–Trinajstić information content (AvgIpc) is 3.13. The predicted octanol–water partition coefficient (Wildman–Crippen LogP) is 5.45. The second-order valence-corrected chi connectivity index (χ2v) is 9.59. The molecule has 0 spiro atoms. The molecule has 160 valence electrons. The van der Waals surface area contributed by atoms with E-state index in [4.69, 9.17) is 0 Å². The molecule has 1 N–H and O–H groups in total. The molecule has 3 rings (SSSR count). The molecule has 1 saturated carbocycles. The highest BCUT2D eigenvalue weighted by molar-refractivity contribution is 8.00. The molecule has 1 heterocycles. The SMILES string of the molecule is O=C(C1=CC[C@H](C(F)(F)F)C1)C1C(CC(O)C(F)(F)F)SC2CCCCCC21. The van der Waals surface area contributed by atoms with E-state index in [-0.39, 0.29) is 23.2 Å². The van der Waals surface area contributed by atoms with Crippen molar-refractivity contribution in [2.24, 2.45) is 17.8 Å². The number of halogens is 6. The van der Waals surface area contributed by atoms with E-state index >= 15 is 0 Å². The molecular formula is C19H24F6O2S. The van der Waals surface area contributed by atoms with Gasteiger partial charge in [0.2, 0.25) is 0 Å². The molecular weight excluding hydrogens is 406 g/mol. The first-order valence-electron chi connectivity index (χ1n) is 9.68. The van der Waals surface area contributed by atoms with Gasteiger partial charge in [0.15, 0.2) is 11.9 Å². The maximum Gasteiger partial charge on any atom is 0.414 e. The fraction of sp³-hybridized carbons (Fsp3) is 0.842. The summed E-state index contributed by atoms with van der Waals surface area (Å²) < 4.78 is 77.5. The van der Waals surface area contributed by atoms with E-state index in [1.807, 2.05) is 0 Å². The molecule has 9 heteroatoms. The van der Waals surface area contributed by atoms with Crippen molar-refractivity contribution in [2.75, 3.05) is 0 Å². The first-order valence-corrected chi connectivity index (χ1v) is 10.6. The Morgan fingerprint density at radius 3 is 2.43 bits per heavy atom. The molecule has 1 aliphatic heterocycles. The zero-order chi connectivity index (χ0) is 20.7. The molecule has 0 aromatic carbocycles. The van der Waals surface area contributed by atoms with Gasteiger partial charge in [0.25, 0.3) is 0 Å². The number of thioether (sulfide) groups is 1. The number of carbonyl (C=O) groups excluding carboxylic acids is 1. The number of Topliss-reactive ketones (excluding diaryl/α,β-unsaturated/α-hetero) is 1. The molecule has 5 unspecified atom stereocenters. The number of hydrogen-bond donors (Lipinski definition) is 1. The van der Waals surface area contributed by atoms with Gasteiger partial charge in [-0.3, -0.25) is 4.79 Å². The molecule has 0 bridgehead atoms. The maximum atomic E-state index is 13.1. The minimum absolute atomic E-state index is 0.0299. The third-order valence-electron chi connectivity index (χ3n) is 6.25. The Balaban J connectivity index is 1.79. The van der Waals surface area contributed by atoms with Crippen LogP contribution in [0.25, 0.3) is 0 Å². The van der Waals surface area contributed by atoms with E-state index < -0.39 is 54.2 Å². The molecule has 0 aromatic rings. The number of fused-ring (bicyclic) bond motifs is 1. The molecule has 1 saturated heterocycles. The summed E-state index contributed by atoms with van der Waals surface area (Å²) in [6.07, 6.45) is -7.33. The van der Waals surface area contributed by atoms with Gasteiger partial charge in [-0.25, -0.2) is 0 Å². The summed E-state index contributed by atoms with van der Waals surface area (Å²) in [5, 5.41) is 8.85. The Morgan fingerprint density at radius 2 is 1.82 bits per heavy atom. The van der Waals surface area contributed by atoms with Gasteiger partial charge in [0.1, 0.15) is 0 Å². The van der Waals surface area contributed by atoms with Crippen LogP contribution in [0, 0.1) is 17.8 Å². The van der Waals surface area contributed by atoms with Gasteiger partial charge in [0.05, 0.1) is 5.92 Å². The lowest BCUT2D eigenvalue weighted by atomic mass is 9.77. The van der Waals surface area contributed by atoms with Crippen molar-refractivity contribution < 1.29 is 36.2 Å². The van der Waals surface area contributed by atoms with Crippen LogP contribution < -0.4 is 0 Å². The van der Waals surface area contributed by atoms with Gasteiger partial charge in [0, 0.05) is 16.4 Å². The first-order chi connectivity index (χ1) is 13.0. The van der Waals surface area contributed by atoms with Crippen LogP contribution >= 0.6 is 11.8 Å². The zero-order valence-corrected chi connectivity index (χ0v) is 16.0. The second kappa shape index (κ2) is 8.20. The zero-order valence-electron chi connectivity index (χ0n) is 15.2. The Kier molecular flexibility index (Phi) is 6.44. The molecule has 28 heavy (non-hydrogen) atoms. The van der Waals surface area contributed by atoms with Crippen LogP contribution in [-0.4, -0.2) is 39.8 Å². The molecule has 2 aliphatic carbocycles. The summed E-state index contributed by atoms with van der Waals surface area (Å²) in [7, 11) is 0. The lowest BCUT2D eigenvalue weighted by Gasteiger charge is -2.26. The number of aliphatic hydroxyl groups is 1. The van der Waals surface area contributed by atoms with Crippen LogP contribution in [0.2, 0.25) is 0 Å². The van der Waals surface area contributed by atoms with Crippen molar-refractivity contribution in [2.45, 2.75) is 80.3 Å². The van der Waals surface area contributed by atoms with Gasteiger partial charge in [-0.05, 0) is 43.6 Å². The predicted molar refractivity (Wildman–Crippen MR) is 93.8 cm³/mol. The van der Waals surface area contributed by atoms with Crippen LogP contribution in [-0.2, 0) is 4.79 Å². The van der Waals surface area contributed by atoms with Crippen LogP contribution in [0.15, 0.2) is 11.6 Å². The largest absolute Gasteiger partial charge is 0.414 e. The van der Waals surface area contributed by atoms with Gasteiger partial charge in [-0.1, -0.05) is 25.3 Å². The lowest BCUT2D eigenvalue weighted by Crippen LogP contribution is -2.37. The van der Waals surface area contributed by atoms with Gasteiger partial charge < -0.3 is 5.11 Å². The number of rotatable bonds is 4. The third kappa shape index (κ3) is 4.71. The number of alkyl halides is 6. The van der Waals surface area contributed by atoms with E-state index in [1.165, 1.54) is 17.8 Å². The summed E-state index contributed by atoms with van der Waals surface area (Å²) in [4.78, 5) is 13.1. The standard InChI is InChI=1S/C19H24F6O2S/c20-18(21,22)11-7-6-10(8-11)17(27)16-12-4-2-1-3-5-13(12)28-14(16)9-15(26)19(23,24)25/h6,11-16,26H,1-5,7-9H2/t11-,12?,13?,14?,15?,16?/m0/s1. The van der Waals surface area contributed by atoms with Crippen LogP contribution in [0.3, 0.4) is 0 Å². The molecule has 0 amide bonds. The van der Waals surface area contributed by atoms with Crippen LogP contribution in [0.5, 0.6) is 0 Å². The highest BCUT2D eigenvalue weighted by Gasteiger charge is 2.52. The number of aliphatic hydroxyl groups excluding tert-OH is 1. The lowest BCUT2D eigenvalue weighted by molar-refractivity contribution is -0.205. The Labute approximate surface area is 164 Å². The summed E-state index contributed by atoms with van der Waals surface area (Å²) in [5.74, 6) is -2.91. The topological polar surface area (TPSA) is 37.3 Å². The highest BCUT2D eigenvalue weighted by atomic mass is 32.2. The molecule has 0 aromatic heterocycles. The summed E-state index contributed by atoms with van der Waals surface area (Å²) in [6, 6.07) is 0. The van der Waals surface area contributed by atoms with Gasteiger partial charge >= 0.3 is 12.4 Å². The van der Waals surface area contributed by atoms with E-state index in [0.717, 1.165) is 25.7 Å². The molecule has 6 atom stereocenters. The quantitative estimate of drug-likeness (QED) is 0.603. The molecule has 0 radical (unpaired) electrons. The monoisotopic (exact) mass is 430 g/mol. The minimum Gasteiger partial charge on any atom is -0.384 e. The Bertz CT molecular complexity index is 615. The molecule has 2 nitrogen and oxygen atoms in total. The van der Waals surface area contributed by atoms with Crippen molar-refractivity contribution in [1.29, 1.82) is 0 Å². The maximum absolute atomic E-state index is 13.1. The number of carbonyl (C=O) groups is 1. The highest BCUT2D eigenvalue weighted by Crippen LogP contribution is 2.53. The van der Waals surface area contributed by atoms with E-state index in [1.54, 1.807) is 0 Å². The number of ketones is 1. The number of allylic oxidation sites excluding steroid dienone is 2. The van der Waals surface area contributed by atoms with Crippen molar-refractivity contribution in [3.63, 3.8) is 0 Å². The molecule has 3 aliphatic rings. The second-order valence-electron chi connectivity index (χ2n) is 8.11. The fourth-order valence-electron chi connectivity index (χ4n) is 4.77. The van der Waals surface area contributed by atoms with Crippen LogP contribution in [0.4, 0.5) is 26.3 Å². The van der Waals surface area contributed by atoms with E-state index in [9.17, 15) is 36.2 Å². The van der Waals surface area contributed by atoms with E-state index in [0.29, 0.717) is 6.42 Å². The van der Waals surface area contributed by atoms with Crippen LogP contribution in [0.1, 0.15) is 51.4 Å². The smallest absolute Gasteiger partial charge is 0.384 e. The van der Waals surface area contributed by atoms with Gasteiger partial charge in [-0.2, -0.15) is 38.1 Å². The Morgan fingerprint density at radius 1 is 1.14 bits per heavy atom. The fourth-order valence-corrected chi connectivity index (χ4v) is 6.81. The molecule has 2 fully saturated rings. The van der Waals surface area contributed by atoms with Crippen molar-refractivity contribution >= 4 is 17.5 Å². The summed E-state index contributed by atoms with van der Waals surface area (Å²) in [5.41, 5.74) is 0.101.